The monoisotopic (exact) mass is 397 g/mol. The number of benzene rings is 1. The van der Waals surface area contributed by atoms with Crippen LogP contribution in [0.2, 0.25) is 10.0 Å². The highest BCUT2D eigenvalue weighted by molar-refractivity contribution is 6.39. The third-order valence-corrected chi connectivity index (χ3v) is 5.93. The number of likely N-dealkylation sites (tertiary alicyclic amines) is 1. The van der Waals surface area contributed by atoms with E-state index in [0.29, 0.717) is 47.7 Å². The minimum Gasteiger partial charge on any atom is -0.335 e. The average Bonchev–Trinajstić information content (AvgIpc) is 2.65. The van der Waals surface area contributed by atoms with Gasteiger partial charge in [0.2, 0.25) is 5.91 Å². The molecule has 0 radical (unpaired) electrons. The quantitative estimate of drug-likeness (QED) is 0.776. The van der Waals surface area contributed by atoms with Crippen molar-refractivity contribution in [3.8, 4) is 0 Å². The van der Waals surface area contributed by atoms with Crippen molar-refractivity contribution >= 4 is 40.8 Å². The number of piperidine rings is 1. The van der Waals surface area contributed by atoms with E-state index in [1.165, 1.54) is 19.3 Å². The summed E-state index contributed by atoms with van der Waals surface area (Å²) in [5, 5.41) is 6.83. The van der Waals surface area contributed by atoms with Crippen molar-refractivity contribution in [2.45, 2.75) is 51.0 Å². The Morgan fingerprint density at radius 1 is 0.962 bits per heavy atom. The molecule has 0 bridgehead atoms. The van der Waals surface area contributed by atoms with E-state index in [0.717, 1.165) is 12.8 Å². The van der Waals surface area contributed by atoms with E-state index < -0.39 is 0 Å². The van der Waals surface area contributed by atoms with Crippen molar-refractivity contribution in [2.24, 2.45) is 5.92 Å². The van der Waals surface area contributed by atoms with Gasteiger partial charge in [-0.05, 0) is 37.8 Å². The zero-order chi connectivity index (χ0) is 18.5. The molecule has 0 spiro atoms. The number of nitrogens with zero attached hydrogens (tertiary/aromatic N) is 1. The summed E-state index contributed by atoms with van der Waals surface area (Å²) in [7, 11) is 0. The summed E-state index contributed by atoms with van der Waals surface area (Å²) in [5.74, 6) is -0.228. The van der Waals surface area contributed by atoms with Crippen molar-refractivity contribution in [1.82, 2.24) is 10.2 Å². The number of halogens is 2. The molecule has 0 atom stereocenters. The molecule has 0 aromatic heterocycles. The van der Waals surface area contributed by atoms with E-state index in [2.05, 4.69) is 10.6 Å². The lowest BCUT2D eigenvalue weighted by Crippen LogP contribution is -2.49. The zero-order valence-corrected chi connectivity index (χ0v) is 16.3. The van der Waals surface area contributed by atoms with Gasteiger partial charge in [-0.25, -0.2) is 4.79 Å². The molecule has 3 rings (SSSR count). The van der Waals surface area contributed by atoms with Crippen LogP contribution < -0.4 is 10.6 Å². The third-order valence-electron chi connectivity index (χ3n) is 5.30. The van der Waals surface area contributed by atoms with Crippen molar-refractivity contribution in [3.63, 3.8) is 0 Å². The van der Waals surface area contributed by atoms with Crippen LogP contribution in [-0.2, 0) is 4.79 Å². The summed E-state index contributed by atoms with van der Waals surface area (Å²) in [4.78, 5) is 26.7. The molecule has 0 unspecified atom stereocenters. The Bertz CT molecular complexity index is 634. The maximum absolute atomic E-state index is 12.5. The summed E-state index contributed by atoms with van der Waals surface area (Å²) >= 11 is 12.2. The fourth-order valence-electron chi connectivity index (χ4n) is 3.70. The fourth-order valence-corrected chi connectivity index (χ4v) is 4.19. The lowest BCUT2D eigenvalue weighted by atomic mass is 9.95. The first-order chi connectivity index (χ1) is 12.5. The van der Waals surface area contributed by atoms with Crippen LogP contribution in [0.5, 0.6) is 0 Å². The molecule has 2 N–H and O–H groups in total. The molecule has 1 heterocycles. The zero-order valence-electron chi connectivity index (χ0n) is 14.8. The molecular formula is C19H25Cl2N3O2. The molecule has 1 aromatic carbocycles. The van der Waals surface area contributed by atoms with Gasteiger partial charge in [0, 0.05) is 25.0 Å². The Kier molecular flexibility index (Phi) is 6.65. The van der Waals surface area contributed by atoms with Crippen molar-refractivity contribution < 1.29 is 9.59 Å². The van der Waals surface area contributed by atoms with E-state index in [4.69, 9.17) is 23.2 Å². The van der Waals surface area contributed by atoms with Crippen molar-refractivity contribution in [2.75, 3.05) is 18.4 Å². The summed E-state index contributed by atoms with van der Waals surface area (Å²) < 4.78 is 0. The Labute approximate surface area is 164 Å². The standard InChI is InChI=1S/C19H25Cl2N3O2/c20-15-7-4-8-16(21)17(15)23-18(25)13-9-11-24(12-10-13)19(26)22-14-5-2-1-3-6-14/h4,7-8,13-14H,1-3,5-6,9-12H2,(H,22,26)(H,23,25). The molecule has 1 saturated heterocycles. The highest BCUT2D eigenvalue weighted by Crippen LogP contribution is 2.31. The number of hydrogen-bond acceptors (Lipinski definition) is 2. The summed E-state index contributed by atoms with van der Waals surface area (Å²) in [5.41, 5.74) is 0.457. The van der Waals surface area contributed by atoms with Gasteiger partial charge in [0.05, 0.1) is 15.7 Å². The lowest BCUT2D eigenvalue weighted by molar-refractivity contribution is -0.121. The second-order valence-electron chi connectivity index (χ2n) is 7.13. The van der Waals surface area contributed by atoms with Crippen LogP contribution in [0.1, 0.15) is 44.9 Å². The topological polar surface area (TPSA) is 61.4 Å². The number of carbonyl (C=O) groups excluding carboxylic acids is 2. The average molecular weight is 398 g/mol. The molecule has 1 saturated carbocycles. The minimum absolute atomic E-state index is 0.00454. The highest BCUT2D eigenvalue weighted by Gasteiger charge is 2.29. The molecule has 2 aliphatic rings. The molecule has 1 aliphatic carbocycles. The van der Waals surface area contributed by atoms with Crippen molar-refractivity contribution in [1.29, 1.82) is 0 Å². The smallest absolute Gasteiger partial charge is 0.317 e. The van der Waals surface area contributed by atoms with Crippen LogP contribution in [0.4, 0.5) is 10.5 Å². The van der Waals surface area contributed by atoms with Gasteiger partial charge in [0.25, 0.3) is 0 Å². The van der Waals surface area contributed by atoms with Crippen LogP contribution in [0, 0.1) is 5.92 Å². The number of anilines is 1. The molecule has 2 fully saturated rings. The van der Waals surface area contributed by atoms with Crippen molar-refractivity contribution in [3.05, 3.63) is 28.2 Å². The van der Waals surface area contributed by atoms with Crippen LogP contribution in [0.15, 0.2) is 18.2 Å². The molecule has 3 amide bonds. The van der Waals surface area contributed by atoms with Crippen LogP contribution in [0.25, 0.3) is 0 Å². The second-order valence-corrected chi connectivity index (χ2v) is 7.95. The predicted molar refractivity (Wildman–Crippen MR) is 105 cm³/mol. The number of urea groups is 1. The van der Waals surface area contributed by atoms with E-state index in [-0.39, 0.29) is 17.9 Å². The first kappa shape index (κ1) is 19.3. The third kappa shape index (κ3) is 4.83. The van der Waals surface area contributed by atoms with Gasteiger partial charge < -0.3 is 15.5 Å². The maximum Gasteiger partial charge on any atom is 0.317 e. The van der Waals surface area contributed by atoms with E-state index in [1.54, 1.807) is 18.2 Å². The molecule has 26 heavy (non-hydrogen) atoms. The number of amides is 3. The van der Waals surface area contributed by atoms with E-state index in [9.17, 15) is 9.59 Å². The number of nitrogens with one attached hydrogen (secondary N) is 2. The largest absolute Gasteiger partial charge is 0.335 e. The van der Waals surface area contributed by atoms with Crippen LogP contribution in [-0.4, -0.2) is 36.0 Å². The Hall–Kier alpha value is -1.46. The van der Waals surface area contributed by atoms with Gasteiger partial charge in [-0.15, -0.1) is 0 Å². The number of carbonyl (C=O) groups is 2. The fraction of sp³-hybridized carbons (Fsp3) is 0.579. The summed E-state index contributed by atoms with van der Waals surface area (Å²) in [6.07, 6.45) is 7.09. The first-order valence-corrected chi connectivity index (χ1v) is 10.1. The Morgan fingerprint density at radius 3 is 2.19 bits per heavy atom. The molecule has 1 aliphatic heterocycles. The van der Waals surface area contributed by atoms with Crippen LogP contribution in [0.3, 0.4) is 0 Å². The van der Waals surface area contributed by atoms with Gasteiger partial charge in [0.15, 0.2) is 0 Å². The SMILES string of the molecule is O=C(Nc1c(Cl)cccc1Cl)C1CCN(C(=O)NC2CCCCC2)CC1. The number of hydrogen-bond donors (Lipinski definition) is 2. The molecule has 5 nitrogen and oxygen atoms in total. The first-order valence-electron chi connectivity index (χ1n) is 9.35. The molecule has 142 valence electrons. The minimum atomic E-state index is -0.138. The Morgan fingerprint density at radius 2 is 1.58 bits per heavy atom. The van der Waals surface area contributed by atoms with Gasteiger partial charge in [-0.1, -0.05) is 48.5 Å². The Balaban J connectivity index is 1.48. The number of para-hydroxylation sites is 1. The number of rotatable bonds is 3. The van der Waals surface area contributed by atoms with E-state index in [1.807, 2.05) is 4.90 Å². The normalized spacial score (nSPS) is 19.2. The van der Waals surface area contributed by atoms with Gasteiger partial charge in [0.1, 0.15) is 0 Å². The van der Waals surface area contributed by atoms with Gasteiger partial charge >= 0.3 is 6.03 Å². The van der Waals surface area contributed by atoms with E-state index >= 15 is 0 Å². The molecular weight excluding hydrogens is 373 g/mol. The highest BCUT2D eigenvalue weighted by atomic mass is 35.5. The maximum atomic E-state index is 12.5. The van der Waals surface area contributed by atoms with Gasteiger partial charge in [-0.3, -0.25) is 4.79 Å². The second kappa shape index (κ2) is 8.96. The summed E-state index contributed by atoms with van der Waals surface area (Å²) in [6, 6.07) is 5.44. The van der Waals surface area contributed by atoms with Gasteiger partial charge in [-0.2, -0.15) is 0 Å². The molecule has 1 aromatic rings. The molecule has 7 heteroatoms. The lowest BCUT2D eigenvalue weighted by Gasteiger charge is -2.33. The summed E-state index contributed by atoms with van der Waals surface area (Å²) in [6.45, 7) is 1.18. The van der Waals surface area contributed by atoms with Crippen LogP contribution >= 0.6 is 23.2 Å². The predicted octanol–water partition coefficient (Wildman–Crippen LogP) is 4.69.